The predicted octanol–water partition coefficient (Wildman–Crippen LogP) is 1.89. The molecule has 132 valence electrons. The van der Waals surface area contributed by atoms with Crippen molar-refractivity contribution in [2.24, 2.45) is 0 Å². The van der Waals surface area contributed by atoms with Gasteiger partial charge in [0.2, 0.25) is 9.84 Å². The van der Waals surface area contributed by atoms with E-state index in [0.29, 0.717) is 5.39 Å². The molecule has 10 heteroatoms. The number of rotatable bonds is 2. The highest BCUT2D eigenvalue weighted by molar-refractivity contribution is 7.91. The molecule has 3 N–H and O–H groups in total. The molecule has 4 aromatic rings. The van der Waals surface area contributed by atoms with Crippen LogP contribution >= 0.6 is 11.6 Å². The first-order chi connectivity index (χ1) is 12.3. The van der Waals surface area contributed by atoms with Crippen LogP contribution in [0, 0.1) is 0 Å². The Morgan fingerprint density at radius 2 is 1.85 bits per heavy atom. The average Bonchev–Trinajstić information content (AvgIpc) is 3.07. The highest BCUT2D eigenvalue weighted by atomic mass is 35.5. The maximum atomic E-state index is 13.1. The first kappa shape index (κ1) is 16.4. The smallest absolute Gasteiger partial charge is 0.362 e. The van der Waals surface area contributed by atoms with Crippen molar-refractivity contribution in [3.05, 3.63) is 68.5 Å². The number of nitrogens with zero attached hydrogens (tertiary/aromatic N) is 1. The highest BCUT2D eigenvalue weighted by Crippen LogP contribution is 2.30. The van der Waals surface area contributed by atoms with Crippen molar-refractivity contribution in [1.29, 1.82) is 0 Å². The van der Waals surface area contributed by atoms with Crippen molar-refractivity contribution in [2.75, 3.05) is 0 Å². The van der Waals surface area contributed by atoms with Crippen molar-refractivity contribution in [3.63, 3.8) is 0 Å². The topological polar surface area (TPSA) is 125 Å². The predicted molar refractivity (Wildman–Crippen MR) is 94.8 cm³/mol. The minimum Gasteiger partial charge on any atom is -0.421 e. The second-order valence-corrected chi connectivity index (χ2v) is 7.90. The number of hydrogen-bond acceptors (Lipinski definition) is 5. The van der Waals surface area contributed by atoms with Crippen LogP contribution in [0.15, 0.2) is 62.0 Å². The molecule has 0 atom stereocenters. The van der Waals surface area contributed by atoms with Gasteiger partial charge in [0.1, 0.15) is 0 Å². The fraction of sp³-hybridized carbons (Fsp3) is 0. The lowest BCUT2D eigenvalue weighted by Crippen LogP contribution is -2.33. The zero-order valence-electron chi connectivity index (χ0n) is 12.9. The SMILES string of the molecule is O=c1[nH]c2c(S(=O)(=O)c3ccc4[nH]ccc4c3)ccc(Cl)c2c(=O)n1O. The molecule has 0 aliphatic rings. The summed E-state index contributed by atoms with van der Waals surface area (Å²) in [6.07, 6.45) is 1.68. The summed E-state index contributed by atoms with van der Waals surface area (Å²) in [5.74, 6) is 0. The lowest BCUT2D eigenvalue weighted by Gasteiger charge is -2.10. The van der Waals surface area contributed by atoms with E-state index in [4.69, 9.17) is 11.6 Å². The van der Waals surface area contributed by atoms with Gasteiger partial charge < -0.3 is 15.2 Å². The van der Waals surface area contributed by atoms with Gasteiger partial charge in [0.25, 0.3) is 5.56 Å². The lowest BCUT2D eigenvalue weighted by atomic mass is 10.2. The number of aromatic amines is 2. The fourth-order valence-corrected chi connectivity index (χ4v) is 4.49. The molecule has 0 fully saturated rings. The standard InChI is InChI=1S/C16H10ClN3O5S/c17-10-2-4-12(14-13(10)15(21)20(23)16(22)19-14)26(24,25)9-1-3-11-8(7-9)5-6-18-11/h1-7,18,23H,(H,19,22). The number of fused-ring (bicyclic) bond motifs is 2. The fourth-order valence-electron chi connectivity index (χ4n) is 2.80. The van der Waals surface area contributed by atoms with Crippen LogP contribution in [0.5, 0.6) is 0 Å². The van der Waals surface area contributed by atoms with Gasteiger partial charge in [-0.2, -0.15) is 0 Å². The van der Waals surface area contributed by atoms with Gasteiger partial charge in [-0.1, -0.05) is 16.3 Å². The van der Waals surface area contributed by atoms with Crippen molar-refractivity contribution >= 4 is 43.2 Å². The van der Waals surface area contributed by atoms with Crippen LogP contribution in [0.3, 0.4) is 0 Å². The Hall–Kier alpha value is -3.04. The van der Waals surface area contributed by atoms with Gasteiger partial charge in [0.15, 0.2) is 0 Å². The molecule has 0 amide bonds. The van der Waals surface area contributed by atoms with Crippen LogP contribution in [0.1, 0.15) is 0 Å². The van der Waals surface area contributed by atoms with Gasteiger partial charge in [-0.05, 0) is 36.4 Å². The van der Waals surface area contributed by atoms with Crippen LogP contribution in [0.25, 0.3) is 21.8 Å². The monoisotopic (exact) mass is 391 g/mol. The molecule has 4 rings (SSSR count). The third kappa shape index (κ3) is 2.25. The molecule has 0 aliphatic carbocycles. The van der Waals surface area contributed by atoms with Crippen molar-refractivity contribution in [1.82, 2.24) is 14.7 Å². The van der Waals surface area contributed by atoms with Crippen LogP contribution in [0.4, 0.5) is 0 Å². The van der Waals surface area contributed by atoms with E-state index in [0.717, 1.165) is 5.52 Å². The summed E-state index contributed by atoms with van der Waals surface area (Å²) < 4.78 is 26.0. The minimum atomic E-state index is -4.07. The van der Waals surface area contributed by atoms with Gasteiger partial charge in [0, 0.05) is 17.1 Å². The Morgan fingerprint density at radius 3 is 2.62 bits per heavy atom. The molecule has 8 nitrogen and oxygen atoms in total. The summed E-state index contributed by atoms with van der Waals surface area (Å²) in [4.78, 5) is 28.7. The van der Waals surface area contributed by atoms with E-state index in [1.165, 1.54) is 24.3 Å². The van der Waals surface area contributed by atoms with Crippen LogP contribution in [0.2, 0.25) is 5.02 Å². The second-order valence-electron chi connectivity index (χ2n) is 5.57. The highest BCUT2D eigenvalue weighted by Gasteiger charge is 2.24. The first-order valence-corrected chi connectivity index (χ1v) is 9.16. The van der Waals surface area contributed by atoms with Crippen LogP contribution in [-0.2, 0) is 9.84 Å². The van der Waals surface area contributed by atoms with Gasteiger partial charge in [0.05, 0.1) is 25.7 Å². The van der Waals surface area contributed by atoms with Gasteiger partial charge in [-0.15, -0.1) is 0 Å². The van der Waals surface area contributed by atoms with E-state index in [1.807, 2.05) is 0 Å². The van der Waals surface area contributed by atoms with Gasteiger partial charge >= 0.3 is 5.69 Å². The molecular weight excluding hydrogens is 382 g/mol. The van der Waals surface area contributed by atoms with Gasteiger partial charge in [-0.3, -0.25) is 4.79 Å². The van der Waals surface area contributed by atoms with Crippen LogP contribution in [-0.4, -0.2) is 28.3 Å². The van der Waals surface area contributed by atoms with Crippen LogP contribution < -0.4 is 11.2 Å². The quantitative estimate of drug-likeness (QED) is 0.450. The number of sulfone groups is 1. The summed E-state index contributed by atoms with van der Waals surface area (Å²) in [6.45, 7) is 0. The summed E-state index contributed by atoms with van der Waals surface area (Å²) in [5, 5.41) is 9.79. The molecular formula is C16H10ClN3O5S. The molecule has 2 aromatic carbocycles. The molecule has 0 spiro atoms. The molecule has 0 saturated carbocycles. The summed E-state index contributed by atoms with van der Waals surface area (Å²) in [6, 6.07) is 8.67. The Labute approximate surface area is 150 Å². The molecule has 0 bridgehead atoms. The van der Waals surface area contributed by atoms with E-state index in [9.17, 15) is 23.2 Å². The summed E-state index contributed by atoms with van der Waals surface area (Å²) in [7, 11) is -4.07. The Bertz CT molecular complexity index is 1420. The number of halogens is 1. The Morgan fingerprint density at radius 1 is 1.08 bits per heavy atom. The third-order valence-corrected chi connectivity index (χ3v) is 6.18. The molecule has 26 heavy (non-hydrogen) atoms. The maximum Gasteiger partial charge on any atom is 0.362 e. The third-order valence-electron chi connectivity index (χ3n) is 4.07. The van der Waals surface area contributed by atoms with Crippen molar-refractivity contribution in [2.45, 2.75) is 9.79 Å². The molecule has 0 radical (unpaired) electrons. The van der Waals surface area contributed by atoms with E-state index in [2.05, 4.69) is 9.97 Å². The summed E-state index contributed by atoms with van der Waals surface area (Å²) >= 11 is 5.97. The second kappa shape index (κ2) is 5.48. The van der Waals surface area contributed by atoms with E-state index >= 15 is 0 Å². The molecule has 0 aliphatic heterocycles. The number of nitrogens with one attached hydrogen (secondary N) is 2. The molecule has 0 unspecified atom stereocenters. The Kier molecular flexibility index (Phi) is 3.46. The maximum absolute atomic E-state index is 13.1. The number of benzene rings is 2. The van der Waals surface area contributed by atoms with E-state index < -0.39 is 21.1 Å². The number of hydrogen-bond donors (Lipinski definition) is 3. The normalized spacial score (nSPS) is 12.0. The average molecular weight is 392 g/mol. The Balaban J connectivity index is 2.09. The van der Waals surface area contributed by atoms with Gasteiger partial charge in [-0.25, -0.2) is 13.2 Å². The van der Waals surface area contributed by atoms with Crippen molar-refractivity contribution < 1.29 is 13.6 Å². The molecule has 2 aromatic heterocycles. The zero-order chi connectivity index (χ0) is 18.6. The molecule has 2 heterocycles. The largest absolute Gasteiger partial charge is 0.421 e. The minimum absolute atomic E-state index is 0.0118. The first-order valence-electron chi connectivity index (χ1n) is 7.30. The number of H-pyrrole nitrogens is 2. The van der Waals surface area contributed by atoms with Crippen molar-refractivity contribution in [3.8, 4) is 0 Å². The lowest BCUT2D eigenvalue weighted by molar-refractivity contribution is 0.162. The zero-order valence-corrected chi connectivity index (χ0v) is 14.4. The van der Waals surface area contributed by atoms with E-state index in [1.54, 1.807) is 18.3 Å². The summed E-state index contributed by atoms with van der Waals surface area (Å²) in [5.41, 5.74) is -1.76. The molecule has 0 saturated heterocycles. The van der Waals surface area contributed by atoms with E-state index in [-0.39, 0.29) is 30.4 Å². The number of aromatic nitrogens is 3.